The monoisotopic (exact) mass is 256 g/mol. The zero-order valence-corrected chi connectivity index (χ0v) is 10.8. The Bertz CT molecular complexity index is 663. The van der Waals surface area contributed by atoms with Gasteiger partial charge in [-0.25, -0.2) is 15.0 Å². The van der Waals surface area contributed by atoms with E-state index in [9.17, 15) is 0 Å². The summed E-state index contributed by atoms with van der Waals surface area (Å²) in [5.41, 5.74) is 3.03. The summed E-state index contributed by atoms with van der Waals surface area (Å²) in [6.07, 6.45) is 3.36. The van der Waals surface area contributed by atoms with Gasteiger partial charge in [0, 0.05) is 12.8 Å². The largest absolute Gasteiger partial charge is 0.318 e. The quantitative estimate of drug-likeness (QED) is 0.534. The first-order chi connectivity index (χ1) is 8.84. The molecule has 0 saturated carbocycles. The number of aromatic nitrogens is 4. The van der Waals surface area contributed by atoms with E-state index in [2.05, 4.69) is 27.1 Å². The fourth-order valence-corrected chi connectivity index (χ4v) is 2.65. The predicted octanol–water partition coefficient (Wildman–Crippen LogP) is 2.66. The van der Waals surface area contributed by atoms with Crippen LogP contribution in [0.15, 0.2) is 48.0 Å². The molecule has 0 N–H and O–H groups in total. The van der Waals surface area contributed by atoms with E-state index in [1.807, 2.05) is 29.8 Å². The third kappa shape index (κ3) is 2.09. The van der Waals surface area contributed by atoms with Crippen LogP contribution < -0.4 is 0 Å². The van der Waals surface area contributed by atoms with Gasteiger partial charge < -0.3 is 4.57 Å². The van der Waals surface area contributed by atoms with E-state index in [0.29, 0.717) is 0 Å². The van der Waals surface area contributed by atoms with E-state index < -0.39 is 0 Å². The molecule has 18 heavy (non-hydrogen) atoms. The van der Waals surface area contributed by atoms with E-state index in [1.54, 1.807) is 24.4 Å². The molecule has 0 amide bonds. The number of nitrogens with zero attached hydrogens (tertiary/aromatic N) is 4. The van der Waals surface area contributed by atoms with Crippen molar-refractivity contribution in [3.05, 3.63) is 48.5 Å². The van der Waals surface area contributed by atoms with E-state index in [-0.39, 0.29) is 0 Å². The lowest BCUT2D eigenvalue weighted by atomic mass is 10.2. The Morgan fingerprint density at radius 1 is 1.11 bits per heavy atom. The van der Waals surface area contributed by atoms with Crippen molar-refractivity contribution in [2.45, 2.75) is 10.8 Å². The van der Waals surface area contributed by atoms with Gasteiger partial charge in [-0.3, -0.25) is 0 Å². The maximum atomic E-state index is 4.35. The van der Waals surface area contributed by atoms with Crippen LogP contribution in [0.3, 0.4) is 0 Å². The lowest BCUT2D eigenvalue weighted by Gasteiger charge is -2.01. The normalized spacial score (nSPS) is 10.9. The molecule has 5 heteroatoms. The molecule has 0 radical (unpaired) electrons. The average Bonchev–Trinajstić information content (AvgIpc) is 2.80. The van der Waals surface area contributed by atoms with Crippen molar-refractivity contribution in [2.24, 2.45) is 7.05 Å². The Kier molecular flexibility index (Phi) is 2.98. The Labute approximate surface area is 109 Å². The number of hydrogen-bond donors (Lipinski definition) is 0. The molecule has 2 heterocycles. The number of rotatable bonds is 3. The average molecular weight is 256 g/mol. The Hall–Kier alpha value is -1.88. The standard InChI is InChI=1S/C13H12N4S/c1-17-9-16-11-12(17)14-8-15-13(11)18-7-10-5-3-2-4-6-10/h2-6,8-9H,7H2,1H3. The Morgan fingerprint density at radius 3 is 2.78 bits per heavy atom. The summed E-state index contributed by atoms with van der Waals surface area (Å²) in [6, 6.07) is 10.3. The second kappa shape index (κ2) is 4.78. The zero-order chi connectivity index (χ0) is 12.4. The highest BCUT2D eigenvalue weighted by molar-refractivity contribution is 7.98. The molecule has 0 saturated heterocycles. The topological polar surface area (TPSA) is 43.6 Å². The van der Waals surface area contributed by atoms with E-state index in [1.165, 1.54) is 5.56 Å². The van der Waals surface area contributed by atoms with Crippen molar-refractivity contribution in [1.82, 2.24) is 19.5 Å². The van der Waals surface area contributed by atoms with Crippen LogP contribution in [-0.2, 0) is 12.8 Å². The summed E-state index contributed by atoms with van der Waals surface area (Å²) in [4.78, 5) is 12.9. The van der Waals surface area contributed by atoms with Crippen LogP contribution >= 0.6 is 11.8 Å². The fourth-order valence-electron chi connectivity index (χ4n) is 1.76. The summed E-state index contributed by atoms with van der Waals surface area (Å²) in [5, 5.41) is 0.935. The molecule has 1 aromatic carbocycles. The second-order valence-electron chi connectivity index (χ2n) is 3.98. The molecule has 0 aliphatic heterocycles. The van der Waals surface area contributed by atoms with Crippen LogP contribution in [-0.4, -0.2) is 19.5 Å². The van der Waals surface area contributed by atoms with Crippen LogP contribution in [0.5, 0.6) is 0 Å². The first-order valence-electron chi connectivity index (χ1n) is 5.63. The van der Waals surface area contributed by atoms with Gasteiger partial charge in [-0.1, -0.05) is 42.1 Å². The van der Waals surface area contributed by atoms with Gasteiger partial charge in [0.05, 0.1) is 6.33 Å². The number of aryl methyl sites for hydroxylation is 1. The molecule has 0 unspecified atom stereocenters. The highest BCUT2D eigenvalue weighted by atomic mass is 32.2. The predicted molar refractivity (Wildman–Crippen MR) is 72.3 cm³/mol. The molecule has 3 rings (SSSR count). The molecule has 0 spiro atoms. The van der Waals surface area contributed by atoms with Crippen molar-refractivity contribution in [2.75, 3.05) is 0 Å². The lowest BCUT2D eigenvalue weighted by molar-refractivity contribution is 0.925. The summed E-state index contributed by atoms with van der Waals surface area (Å²) in [5.74, 6) is 0.892. The smallest absolute Gasteiger partial charge is 0.164 e. The fraction of sp³-hybridized carbons (Fsp3) is 0.154. The van der Waals surface area contributed by atoms with Crippen LogP contribution in [0.4, 0.5) is 0 Å². The minimum Gasteiger partial charge on any atom is -0.318 e. The van der Waals surface area contributed by atoms with Gasteiger partial charge in [-0.2, -0.15) is 0 Å². The number of fused-ring (bicyclic) bond motifs is 1. The summed E-state index contributed by atoms with van der Waals surface area (Å²) < 4.78 is 1.91. The zero-order valence-electron chi connectivity index (χ0n) is 9.95. The minimum absolute atomic E-state index is 0.876. The highest BCUT2D eigenvalue weighted by Gasteiger charge is 2.08. The summed E-state index contributed by atoms with van der Waals surface area (Å²) in [7, 11) is 1.94. The van der Waals surface area contributed by atoms with Crippen LogP contribution in [0, 0.1) is 0 Å². The molecule has 3 aromatic rings. The molecular formula is C13H12N4S. The van der Waals surface area contributed by atoms with Crippen molar-refractivity contribution >= 4 is 22.9 Å². The van der Waals surface area contributed by atoms with Crippen molar-refractivity contribution in [3.63, 3.8) is 0 Å². The Morgan fingerprint density at radius 2 is 1.94 bits per heavy atom. The van der Waals surface area contributed by atoms with Gasteiger partial charge in [-0.05, 0) is 5.56 Å². The molecule has 0 aliphatic rings. The number of benzene rings is 1. The van der Waals surface area contributed by atoms with Crippen molar-refractivity contribution in [1.29, 1.82) is 0 Å². The number of thioether (sulfide) groups is 1. The molecule has 0 fully saturated rings. The van der Waals surface area contributed by atoms with Gasteiger partial charge in [-0.15, -0.1) is 0 Å². The SMILES string of the molecule is Cn1cnc2c(SCc3ccccc3)ncnc21. The molecular weight excluding hydrogens is 244 g/mol. The highest BCUT2D eigenvalue weighted by Crippen LogP contribution is 2.25. The summed E-state index contributed by atoms with van der Waals surface area (Å²) in [6.45, 7) is 0. The Balaban J connectivity index is 1.87. The van der Waals surface area contributed by atoms with Gasteiger partial charge in [0.15, 0.2) is 5.65 Å². The second-order valence-corrected chi connectivity index (χ2v) is 4.94. The first-order valence-corrected chi connectivity index (χ1v) is 6.62. The third-order valence-corrected chi connectivity index (χ3v) is 3.73. The molecule has 0 aliphatic carbocycles. The van der Waals surface area contributed by atoms with E-state index in [4.69, 9.17) is 0 Å². The van der Waals surface area contributed by atoms with Gasteiger partial charge >= 0.3 is 0 Å². The molecule has 90 valence electrons. The first kappa shape index (κ1) is 11.2. The molecule has 4 nitrogen and oxygen atoms in total. The molecule has 0 atom stereocenters. The third-order valence-electron chi connectivity index (χ3n) is 2.68. The van der Waals surface area contributed by atoms with Crippen molar-refractivity contribution < 1.29 is 0 Å². The van der Waals surface area contributed by atoms with Crippen LogP contribution in [0.2, 0.25) is 0 Å². The minimum atomic E-state index is 0.876. The van der Waals surface area contributed by atoms with Crippen LogP contribution in [0.1, 0.15) is 5.56 Å². The lowest BCUT2D eigenvalue weighted by Crippen LogP contribution is -1.91. The van der Waals surface area contributed by atoms with Crippen molar-refractivity contribution in [3.8, 4) is 0 Å². The van der Waals surface area contributed by atoms with Gasteiger partial charge in [0.25, 0.3) is 0 Å². The maximum Gasteiger partial charge on any atom is 0.164 e. The maximum absolute atomic E-state index is 4.35. The van der Waals surface area contributed by atoms with Crippen LogP contribution in [0.25, 0.3) is 11.2 Å². The number of hydrogen-bond acceptors (Lipinski definition) is 4. The van der Waals surface area contributed by atoms with E-state index >= 15 is 0 Å². The molecule has 2 aromatic heterocycles. The summed E-state index contributed by atoms with van der Waals surface area (Å²) >= 11 is 1.69. The van der Waals surface area contributed by atoms with Gasteiger partial charge in [0.2, 0.25) is 0 Å². The molecule has 0 bridgehead atoms. The number of imidazole rings is 1. The van der Waals surface area contributed by atoms with Gasteiger partial charge in [0.1, 0.15) is 16.9 Å². The van der Waals surface area contributed by atoms with E-state index in [0.717, 1.165) is 21.9 Å².